The summed E-state index contributed by atoms with van der Waals surface area (Å²) in [4.78, 5) is 7.91. The van der Waals surface area contributed by atoms with E-state index in [0.29, 0.717) is 13.2 Å². The number of halogens is 1. The molecule has 0 fully saturated rings. The van der Waals surface area contributed by atoms with Crippen LogP contribution < -0.4 is 14.8 Å². The summed E-state index contributed by atoms with van der Waals surface area (Å²) in [5.41, 5.74) is 2.94. The van der Waals surface area contributed by atoms with Crippen LogP contribution in [0.2, 0.25) is 0 Å². The Bertz CT molecular complexity index is 808. The predicted molar refractivity (Wildman–Crippen MR) is 78.5 cm³/mol. The zero-order valence-corrected chi connectivity index (χ0v) is 12.5. The van der Waals surface area contributed by atoms with Gasteiger partial charge in [0.25, 0.3) is 0 Å². The molecule has 2 N–H and O–H groups in total. The van der Waals surface area contributed by atoms with Crippen molar-refractivity contribution in [2.75, 3.05) is 20.3 Å². The summed E-state index contributed by atoms with van der Waals surface area (Å²) in [6.07, 6.45) is 0. The van der Waals surface area contributed by atoms with Crippen molar-refractivity contribution in [2.24, 2.45) is 0 Å². The number of fused-ring (bicyclic) bond motifs is 4. The van der Waals surface area contributed by atoms with Gasteiger partial charge in [0, 0.05) is 18.7 Å². The molecule has 0 unspecified atom stereocenters. The Hall–Kier alpha value is -1.73. The number of nitrogens with zero attached hydrogens (tertiary/aromatic N) is 2. The second kappa shape index (κ2) is 4.39. The molecular weight excluding hydrogens is 324 g/mol. The first-order valence-electron chi connectivity index (χ1n) is 6.40. The van der Waals surface area contributed by atoms with Gasteiger partial charge in [-0.25, -0.2) is 4.98 Å². The van der Waals surface area contributed by atoms with Crippen molar-refractivity contribution in [1.82, 2.24) is 19.7 Å². The molecule has 0 bridgehead atoms. The molecule has 2 aromatic heterocycles. The second-order valence-corrected chi connectivity index (χ2v) is 5.43. The first-order chi connectivity index (χ1) is 9.78. The Kier molecular flexibility index (Phi) is 2.64. The molecule has 3 aromatic rings. The molecule has 7 heteroatoms. The Morgan fingerprint density at radius 2 is 2.10 bits per heavy atom. The van der Waals surface area contributed by atoms with Crippen LogP contribution in [-0.2, 0) is 6.54 Å². The molecule has 104 valence electrons. The molecule has 0 aliphatic carbocycles. The summed E-state index contributed by atoms with van der Waals surface area (Å²) in [5, 5.41) is 3.13. The van der Waals surface area contributed by atoms with Crippen LogP contribution in [-0.4, -0.2) is 34.6 Å². The summed E-state index contributed by atoms with van der Waals surface area (Å²) in [5.74, 6) is 2.34. The normalized spacial score (nSPS) is 14.3. The number of imidazole rings is 2. The van der Waals surface area contributed by atoms with Crippen LogP contribution in [0.5, 0.6) is 11.5 Å². The smallest absolute Gasteiger partial charge is 0.213 e. The van der Waals surface area contributed by atoms with Gasteiger partial charge in [0.2, 0.25) is 5.78 Å². The molecule has 0 atom stereocenters. The quantitative estimate of drug-likeness (QED) is 0.752. The first kappa shape index (κ1) is 12.0. The lowest BCUT2D eigenvalue weighted by Gasteiger charge is -2.17. The number of nitrogens with one attached hydrogen (secondary N) is 2. The summed E-state index contributed by atoms with van der Waals surface area (Å²) >= 11 is 3.63. The molecule has 0 radical (unpaired) electrons. The highest BCUT2D eigenvalue weighted by atomic mass is 79.9. The molecule has 3 heterocycles. The third-order valence-corrected chi connectivity index (χ3v) is 4.21. The molecular formula is C13H13BrN4O2. The fourth-order valence-electron chi connectivity index (χ4n) is 2.51. The van der Waals surface area contributed by atoms with Crippen LogP contribution >= 0.6 is 15.9 Å². The zero-order valence-electron chi connectivity index (χ0n) is 10.9. The number of ether oxygens (including phenoxy) is 2. The maximum absolute atomic E-state index is 5.64. The van der Waals surface area contributed by atoms with Crippen molar-refractivity contribution in [2.45, 2.75) is 6.54 Å². The van der Waals surface area contributed by atoms with Crippen LogP contribution in [0.4, 0.5) is 0 Å². The summed E-state index contributed by atoms with van der Waals surface area (Å²) in [6, 6.07) is 3.90. The number of hydrogen-bond acceptors (Lipinski definition) is 4. The number of rotatable bonds is 2. The van der Waals surface area contributed by atoms with Gasteiger partial charge in [-0.15, -0.1) is 0 Å². The van der Waals surface area contributed by atoms with Crippen LogP contribution in [0.3, 0.4) is 0 Å². The van der Waals surface area contributed by atoms with E-state index in [-0.39, 0.29) is 0 Å². The van der Waals surface area contributed by atoms with Crippen molar-refractivity contribution in [3.05, 3.63) is 22.4 Å². The average Bonchev–Trinajstić information content (AvgIpc) is 2.94. The number of hydrogen-bond donors (Lipinski definition) is 2. The van der Waals surface area contributed by atoms with Crippen molar-refractivity contribution in [3.63, 3.8) is 0 Å². The number of H-pyrrole nitrogens is 1. The Balaban J connectivity index is 1.99. The Morgan fingerprint density at radius 3 is 2.85 bits per heavy atom. The van der Waals surface area contributed by atoms with Gasteiger partial charge in [0.05, 0.1) is 16.7 Å². The van der Waals surface area contributed by atoms with E-state index in [1.54, 1.807) is 0 Å². The lowest BCUT2D eigenvalue weighted by atomic mass is 10.2. The van der Waals surface area contributed by atoms with Crippen LogP contribution in [0.25, 0.3) is 16.8 Å². The lowest BCUT2D eigenvalue weighted by molar-refractivity contribution is 0.172. The van der Waals surface area contributed by atoms with Gasteiger partial charge < -0.3 is 19.8 Å². The van der Waals surface area contributed by atoms with Gasteiger partial charge >= 0.3 is 0 Å². The summed E-state index contributed by atoms with van der Waals surface area (Å²) in [7, 11) is 1.91. The van der Waals surface area contributed by atoms with E-state index in [0.717, 1.165) is 45.2 Å². The average molecular weight is 337 g/mol. The van der Waals surface area contributed by atoms with Gasteiger partial charge in [-0.05, 0) is 23.0 Å². The molecule has 6 nitrogen and oxygen atoms in total. The van der Waals surface area contributed by atoms with E-state index in [4.69, 9.17) is 9.47 Å². The second-order valence-electron chi connectivity index (χ2n) is 4.68. The summed E-state index contributed by atoms with van der Waals surface area (Å²) < 4.78 is 14.2. The molecule has 1 aliphatic rings. The molecule has 4 rings (SSSR count). The molecule has 20 heavy (non-hydrogen) atoms. The first-order valence-corrected chi connectivity index (χ1v) is 7.20. The monoisotopic (exact) mass is 336 g/mol. The number of aromatic nitrogens is 3. The van der Waals surface area contributed by atoms with Gasteiger partial charge in [-0.3, -0.25) is 4.40 Å². The van der Waals surface area contributed by atoms with E-state index in [1.165, 1.54) is 0 Å². The molecule has 1 aromatic carbocycles. The van der Waals surface area contributed by atoms with E-state index < -0.39 is 0 Å². The molecule has 0 spiro atoms. The molecule has 0 saturated heterocycles. The SMILES string of the molecule is CNCc1[nH]c2nc3cc4c(cc3n2c1Br)OCCO4. The summed E-state index contributed by atoms with van der Waals surface area (Å²) in [6.45, 7) is 1.91. The maximum Gasteiger partial charge on any atom is 0.213 e. The van der Waals surface area contributed by atoms with Crippen molar-refractivity contribution in [1.29, 1.82) is 0 Å². The van der Waals surface area contributed by atoms with Gasteiger partial charge in [0.15, 0.2) is 11.5 Å². The van der Waals surface area contributed by atoms with Crippen LogP contribution in [0, 0.1) is 0 Å². The fraction of sp³-hybridized carbons (Fsp3) is 0.308. The fourth-order valence-corrected chi connectivity index (χ4v) is 3.11. The van der Waals surface area contributed by atoms with E-state index >= 15 is 0 Å². The predicted octanol–water partition coefficient (Wildman–Crippen LogP) is 2.07. The van der Waals surface area contributed by atoms with E-state index in [2.05, 4.69) is 31.2 Å². The number of aromatic amines is 1. The van der Waals surface area contributed by atoms with Crippen LogP contribution in [0.15, 0.2) is 16.7 Å². The third kappa shape index (κ3) is 1.63. The Morgan fingerprint density at radius 1 is 1.35 bits per heavy atom. The third-order valence-electron chi connectivity index (χ3n) is 3.38. The highest BCUT2D eigenvalue weighted by Crippen LogP contribution is 2.36. The number of benzene rings is 1. The molecule has 0 saturated carbocycles. The van der Waals surface area contributed by atoms with Gasteiger partial charge in [-0.2, -0.15) is 0 Å². The highest BCUT2D eigenvalue weighted by molar-refractivity contribution is 9.10. The minimum atomic E-state index is 0.583. The topological polar surface area (TPSA) is 63.6 Å². The molecule has 1 aliphatic heterocycles. The minimum absolute atomic E-state index is 0.583. The molecule has 0 amide bonds. The van der Waals surface area contributed by atoms with Crippen molar-refractivity contribution >= 4 is 32.7 Å². The minimum Gasteiger partial charge on any atom is -0.486 e. The van der Waals surface area contributed by atoms with Crippen molar-refractivity contribution < 1.29 is 9.47 Å². The van der Waals surface area contributed by atoms with Crippen LogP contribution in [0.1, 0.15) is 5.69 Å². The largest absolute Gasteiger partial charge is 0.486 e. The van der Waals surface area contributed by atoms with E-state index in [1.807, 2.05) is 23.6 Å². The lowest BCUT2D eigenvalue weighted by Crippen LogP contribution is -2.15. The van der Waals surface area contributed by atoms with Crippen molar-refractivity contribution in [3.8, 4) is 11.5 Å². The van der Waals surface area contributed by atoms with Gasteiger partial charge in [0.1, 0.15) is 17.8 Å². The zero-order chi connectivity index (χ0) is 13.7. The highest BCUT2D eigenvalue weighted by Gasteiger charge is 2.18. The standard InChI is InChI=1S/C13H13BrN4O2/c1-15-6-8-12(14)18-9-5-11-10(19-2-3-20-11)4-7(9)16-13(18)17-8/h4-5,15H,2-3,6H2,1H3,(H,16,17). The van der Waals surface area contributed by atoms with Gasteiger partial charge in [-0.1, -0.05) is 0 Å². The maximum atomic E-state index is 5.64. The Labute approximate surface area is 123 Å². The van der Waals surface area contributed by atoms with E-state index in [9.17, 15) is 0 Å².